The smallest absolute Gasteiger partial charge is 0.326 e. The third-order valence-corrected chi connectivity index (χ3v) is 7.65. The van der Waals surface area contributed by atoms with Crippen molar-refractivity contribution in [2.75, 3.05) is 6.54 Å². The Morgan fingerprint density at radius 3 is 2.17 bits per heavy atom. The molecule has 11 nitrogen and oxygen atoms in total. The highest BCUT2D eigenvalue weighted by Crippen LogP contribution is 2.19. The van der Waals surface area contributed by atoms with Gasteiger partial charge in [-0.2, -0.15) is 0 Å². The molecular weight excluding hydrogens is 512 g/mol. The molecule has 0 fully saturated rings. The zero-order valence-electron chi connectivity index (χ0n) is 24.0. The van der Waals surface area contributed by atoms with Crippen LogP contribution in [0.15, 0.2) is 30.5 Å². The molecule has 2 aromatic rings. The van der Waals surface area contributed by atoms with Crippen LogP contribution in [0.1, 0.15) is 65.4 Å². The number of carboxylic acids is 1. The standard InChI is InChI=1S/C29H46N6O5/c1-5-17(3)24(31)27(37)35-25(18(4)6-2)28(38)33-22(13-9-10-14-30)26(36)34-23(29(39)40)15-19-16-32-21-12-8-7-11-20(19)21/h7-8,11-12,16-18,22-25,32H,5-6,9-10,13-15,30-31H2,1-4H3,(H,33,38)(H,34,36)(H,35,37)(H,39,40). The number of aromatic nitrogens is 1. The minimum atomic E-state index is -1.21. The molecule has 2 rings (SSSR count). The molecule has 0 saturated carbocycles. The molecule has 0 aliphatic rings. The lowest BCUT2D eigenvalue weighted by molar-refractivity contribution is -0.142. The molecule has 1 aromatic carbocycles. The normalized spacial score (nSPS) is 15.8. The zero-order chi connectivity index (χ0) is 29.8. The van der Waals surface area contributed by atoms with Crippen LogP contribution in [0.2, 0.25) is 0 Å². The van der Waals surface area contributed by atoms with Gasteiger partial charge in [0, 0.05) is 23.5 Å². The summed E-state index contributed by atoms with van der Waals surface area (Å²) in [6.45, 7) is 7.96. The Hall–Kier alpha value is -3.44. The molecule has 3 amide bonds. The highest BCUT2D eigenvalue weighted by molar-refractivity contribution is 5.94. The first kappa shape index (κ1) is 32.8. The van der Waals surface area contributed by atoms with Crippen molar-refractivity contribution in [3.05, 3.63) is 36.0 Å². The second-order valence-electron chi connectivity index (χ2n) is 10.6. The SMILES string of the molecule is CCC(C)C(N)C(=O)NC(C(=O)NC(CCCCN)C(=O)NC(Cc1c[nH]c2ccccc12)C(=O)O)C(C)CC. The van der Waals surface area contributed by atoms with E-state index in [-0.39, 0.29) is 24.7 Å². The average molecular weight is 559 g/mol. The molecular formula is C29H46N6O5. The van der Waals surface area contributed by atoms with E-state index in [1.807, 2.05) is 52.0 Å². The van der Waals surface area contributed by atoms with Crippen LogP contribution in [0.3, 0.4) is 0 Å². The Labute approximate surface area is 236 Å². The van der Waals surface area contributed by atoms with Gasteiger partial charge in [0.25, 0.3) is 0 Å². The number of hydrogen-bond donors (Lipinski definition) is 7. The fourth-order valence-electron chi connectivity index (χ4n) is 4.48. The maximum absolute atomic E-state index is 13.4. The number of benzene rings is 1. The fourth-order valence-corrected chi connectivity index (χ4v) is 4.48. The topological polar surface area (TPSA) is 192 Å². The number of hydrogen-bond acceptors (Lipinski definition) is 6. The second-order valence-corrected chi connectivity index (χ2v) is 10.6. The predicted octanol–water partition coefficient (Wildman–Crippen LogP) is 1.80. The number of amides is 3. The van der Waals surface area contributed by atoms with Gasteiger partial charge in [-0.05, 0) is 49.3 Å². The van der Waals surface area contributed by atoms with E-state index in [4.69, 9.17) is 11.5 Å². The maximum Gasteiger partial charge on any atom is 0.326 e. The number of rotatable bonds is 17. The van der Waals surface area contributed by atoms with Gasteiger partial charge in [0.1, 0.15) is 18.1 Å². The van der Waals surface area contributed by atoms with Crippen LogP contribution < -0.4 is 27.4 Å². The number of nitrogens with one attached hydrogen (secondary N) is 4. The van der Waals surface area contributed by atoms with Crippen LogP contribution in [-0.2, 0) is 25.6 Å². The second kappa shape index (κ2) is 16.0. The first-order chi connectivity index (χ1) is 19.0. The van der Waals surface area contributed by atoms with Gasteiger partial charge in [-0.15, -0.1) is 0 Å². The minimum Gasteiger partial charge on any atom is -0.480 e. The number of unbranched alkanes of at least 4 members (excludes halogenated alkanes) is 1. The lowest BCUT2D eigenvalue weighted by Crippen LogP contribution is -2.59. The Bertz CT molecular complexity index is 1140. The van der Waals surface area contributed by atoms with Gasteiger partial charge in [-0.25, -0.2) is 4.79 Å². The Morgan fingerprint density at radius 1 is 0.900 bits per heavy atom. The molecule has 1 heterocycles. The number of carbonyl (C=O) groups is 4. The molecule has 6 atom stereocenters. The third-order valence-electron chi connectivity index (χ3n) is 7.65. The summed E-state index contributed by atoms with van der Waals surface area (Å²) >= 11 is 0. The quantitative estimate of drug-likeness (QED) is 0.144. The molecule has 0 spiro atoms. The average Bonchev–Trinajstić information content (AvgIpc) is 3.36. The van der Waals surface area contributed by atoms with Crippen LogP contribution in [0, 0.1) is 11.8 Å². The van der Waals surface area contributed by atoms with E-state index in [0.29, 0.717) is 32.2 Å². The van der Waals surface area contributed by atoms with Crippen LogP contribution >= 0.6 is 0 Å². The van der Waals surface area contributed by atoms with E-state index in [9.17, 15) is 24.3 Å². The number of aromatic amines is 1. The number of carboxylic acid groups (broad SMARTS) is 1. The summed E-state index contributed by atoms with van der Waals surface area (Å²) in [4.78, 5) is 54.8. The van der Waals surface area contributed by atoms with Gasteiger partial charge in [-0.1, -0.05) is 58.7 Å². The molecule has 1 aromatic heterocycles. The van der Waals surface area contributed by atoms with Gasteiger partial charge < -0.3 is 37.5 Å². The van der Waals surface area contributed by atoms with Crippen molar-refractivity contribution >= 4 is 34.6 Å². The predicted molar refractivity (Wildman–Crippen MR) is 155 cm³/mol. The van der Waals surface area contributed by atoms with Crippen molar-refractivity contribution in [3.8, 4) is 0 Å². The first-order valence-corrected chi connectivity index (χ1v) is 14.2. The first-order valence-electron chi connectivity index (χ1n) is 14.2. The van der Waals surface area contributed by atoms with E-state index in [1.165, 1.54) is 0 Å². The van der Waals surface area contributed by atoms with Crippen molar-refractivity contribution in [3.63, 3.8) is 0 Å². The van der Waals surface area contributed by atoms with Crippen molar-refractivity contribution < 1.29 is 24.3 Å². The molecule has 9 N–H and O–H groups in total. The molecule has 0 saturated heterocycles. The molecule has 6 unspecified atom stereocenters. The zero-order valence-corrected chi connectivity index (χ0v) is 24.0. The Balaban J connectivity index is 2.21. The lowest BCUT2D eigenvalue weighted by Gasteiger charge is -2.29. The number of fused-ring (bicyclic) bond motifs is 1. The molecule has 0 aliphatic heterocycles. The number of para-hydroxylation sites is 1. The molecule has 11 heteroatoms. The highest BCUT2D eigenvalue weighted by atomic mass is 16.4. The van der Waals surface area contributed by atoms with Gasteiger partial charge in [0.15, 0.2) is 0 Å². The van der Waals surface area contributed by atoms with Crippen LogP contribution in [0.5, 0.6) is 0 Å². The van der Waals surface area contributed by atoms with Crippen molar-refractivity contribution in [1.29, 1.82) is 0 Å². The van der Waals surface area contributed by atoms with E-state index >= 15 is 0 Å². The number of H-pyrrole nitrogens is 1. The largest absolute Gasteiger partial charge is 0.480 e. The van der Waals surface area contributed by atoms with Crippen molar-refractivity contribution in [1.82, 2.24) is 20.9 Å². The summed E-state index contributed by atoms with van der Waals surface area (Å²) in [5.74, 6) is -3.04. The molecule has 0 radical (unpaired) electrons. The van der Waals surface area contributed by atoms with Gasteiger partial charge in [0.2, 0.25) is 17.7 Å². The fraction of sp³-hybridized carbons (Fsp3) is 0.586. The highest BCUT2D eigenvalue weighted by Gasteiger charge is 2.33. The van der Waals surface area contributed by atoms with E-state index in [1.54, 1.807) is 6.20 Å². The molecule has 40 heavy (non-hydrogen) atoms. The van der Waals surface area contributed by atoms with Crippen molar-refractivity contribution in [2.45, 2.75) is 90.4 Å². The number of aliphatic carboxylic acids is 1. The molecule has 222 valence electrons. The van der Waals surface area contributed by atoms with Gasteiger partial charge >= 0.3 is 5.97 Å². The van der Waals surface area contributed by atoms with Crippen LogP contribution in [0.25, 0.3) is 10.9 Å². The summed E-state index contributed by atoms with van der Waals surface area (Å²) in [5, 5.41) is 18.9. The van der Waals surface area contributed by atoms with E-state index in [2.05, 4.69) is 20.9 Å². The molecule has 0 bridgehead atoms. The van der Waals surface area contributed by atoms with Crippen LogP contribution in [0.4, 0.5) is 0 Å². The number of nitrogens with two attached hydrogens (primary N) is 2. The lowest BCUT2D eigenvalue weighted by atomic mass is 9.95. The van der Waals surface area contributed by atoms with Crippen molar-refractivity contribution in [2.24, 2.45) is 23.3 Å². The third kappa shape index (κ3) is 9.06. The van der Waals surface area contributed by atoms with Gasteiger partial charge in [-0.3, -0.25) is 14.4 Å². The summed E-state index contributed by atoms with van der Waals surface area (Å²) in [6, 6.07) is 3.62. The number of carbonyl (C=O) groups excluding carboxylic acids is 3. The maximum atomic E-state index is 13.4. The monoisotopic (exact) mass is 558 g/mol. The molecule has 0 aliphatic carbocycles. The summed E-state index contributed by atoms with van der Waals surface area (Å²) in [6.07, 6.45) is 4.56. The summed E-state index contributed by atoms with van der Waals surface area (Å²) < 4.78 is 0. The Kier molecular flexibility index (Phi) is 13.1. The van der Waals surface area contributed by atoms with Gasteiger partial charge in [0.05, 0.1) is 6.04 Å². The summed E-state index contributed by atoms with van der Waals surface area (Å²) in [5.41, 5.74) is 13.3. The van der Waals surface area contributed by atoms with Crippen LogP contribution in [-0.4, -0.2) is 64.5 Å². The Morgan fingerprint density at radius 2 is 1.55 bits per heavy atom. The van der Waals surface area contributed by atoms with E-state index < -0.39 is 47.9 Å². The van der Waals surface area contributed by atoms with E-state index in [0.717, 1.165) is 16.5 Å². The minimum absolute atomic E-state index is 0.0631. The summed E-state index contributed by atoms with van der Waals surface area (Å²) in [7, 11) is 0.